The number of H-pyrrole nitrogens is 1. The van der Waals surface area contributed by atoms with E-state index in [1.807, 2.05) is 12.1 Å². The minimum Gasteiger partial charge on any atom is -0.382 e. The second kappa shape index (κ2) is 4.47. The monoisotopic (exact) mass is 255 g/mol. The summed E-state index contributed by atoms with van der Waals surface area (Å²) in [5, 5.41) is 7.06. The second-order valence-electron chi connectivity index (χ2n) is 4.16. The summed E-state index contributed by atoms with van der Waals surface area (Å²) in [6.07, 6.45) is 0.924. The second-order valence-corrected chi connectivity index (χ2v) is 5.88. The first-order chi connectivity index (χ1) is 7.58. The standard InChI is InChI=1S/C11H14ClN3S/c1-6(2)5-7-10(14-15-11(7)13)8-3-4-9(12)16-8/h3-4,6H,5H2,1-2H3,(H3,13,14,15). The highest BCUT2D eigenvalue weighted by Gasteiger charge is 2.15. The van der Waals surface area contributed by atoms with Crippen molar-refractivity contribution in [3.05, 3.63) is 22.0 Å². The van der Waals surface area contributed by atoms with Gasteiger partial charge in [-0.25, -0.2) is 0 Å². The molecule has 0 aromatic carbocycles. The van der Waals surface area contributed by atoms with Crippen LogP contribution in [0.2, 0.25) is 4.34 Å². The minimum absolute atomic E-state index is 0.550. The quantitative estimate of drug-likeness (QED) is 0.881. The molecule has 0 saturated heterocycles. The molecule has 0 fully saturated rings. The predicted molar refractivity (Wildman–Crippen MR) is 69.9 cm³/mol. The summed E-state index contributed by atoms with van der Waals surface area (Å²) in [6.45, 7) is 4.33. The van der Waals surface area contributed by atoms with Crippen LogP contribution in [0.25, 0.3) is 10.6 Å². The van der Waals surface area contributed by atoms with Crippen LogP contribution < -0.4 is 5.73 Å². The number of aromatic nitrogens is 2. The lowest BCUT2D eigenvalue weighted by molar-refractivity contribution is 0.649. The number of nitrogens with two attached hydrogens (primary N) is 1. The lowest BCUT2D eigenvalue weighted by Gasteiger charge is -2.05. The van der Waals surface area contributed by atoms with E-state index in [1.54, 1.807) is 0 Å². The molecule has 86 valence electrons. The zero-order chi connectivity index (χ0) is 11.7. The maximum Gasteiger partial charge on any atom is 0.149 e. The van der Waals surface area contributed by atoms with Crippen molar-refractivity contribution in [2.45, 2.75) is 20.3 Å². The van der Waals surface area contributed by atoms with Gasteiger partial charge in [0.1, 0.15) is 5.82 Å². The molecule has 3 nitrogen and oxygen atoms in total. The Morgan fingerprint density at radius 1 is 1.50 bits per heavy atom. The number of thiophene rings is 1. The van der Waals surface area contributed by atoms with Crippen LogP contribution in [-0.4, -0.2) is 10.2 Å². The van der Waals surface area contributed by atoms with Gasteiger partial charge in [0, 0.05) is 5.56 Å². The number of nitrogens with one attached hydrogen (secondary N) is 1. The molecule has 0 bridgehead atoms. The Bertz CT molecular complexity index is 487. The van der Waals surface area contributed by atoms with Crippen LogP contribution in [0.15, 0.2) is 12.1 Å². The van der Waals surface area contributed by atoms with E-state index >= 15 is 0 Å². The van der Waals surface area contributed by atoms with Gasteiger partial charge in [0.2, 0.25) is 0 Å². The topological polar surface area (TPSA) is 54.7 Å². The molecule has 0 saturated carbocycles. The van der Waals surface area contributed by atoms with E-state index in [0.29, 0.717) is 11.7 Å². The Balaban J connectivity index is 2.41. The molecule has 5 heteroatoms. The molecule has 0 aliphatic heterocycles. The summed E-state index contributed by atoms with van der Waals surface area (Å²) in [6, 6.07) is 3.88. The molecule has 16 heavy (non-hydrogen) atoms. The van der Waals surface area contributed by atoms with Crippen LogP contribution in [0.5, 0.6) is 0 Å². The number of hydrogen-bond acceptors (Lipinski definition) is 3. The molecule has 0 aliphatic carbocycles. The smallest absolute Gasteiger partial charge is 0.149 e. The molecule has 2 aromatic heterocycles. The van der Waals surface area contributed by atoms with Gasteiger partial charge in [-0.15, -0.1) is 11.3 Å². The summed E-state index contributed by atoms with van der Waals surface area (Å²) in [4.78, 5) is 1.09. The van der Waals surface area contributed by atoms with Gasteiger partial charge in [-0.05, 0) is 24.5 Å². The summed E-state index contributed by atoms with van der Waals surface area (Å²) >= 11 is 7.46. The van der Waals surface area contributed by atoms with Crippen molar-refractivity contribution in [2.24, 2.45) is 5.92 Å². The van der Waals surface area contributed by atoms with Crippen LogP contribution >= 0.6 is 22.9 Å². The maximum atomic E-state index is 5.93. The van der Waals surface area contributed by atoms with Crippen molar-refractivity contribution in [2.75, 3.05) is 5.73 Å². The summed E-state index contributed by atoms with van der Waals surface area (Å²) in [7, 11) is 0. The first kappa shape index (κ1) is 11.5. The van der Waals surface area contributed by atoms with Crippen molar-refractivity contribution >= 4 is 28.8 Å². The molecule has 0 amide bonds. The maximum absolute atomic E-state index is 5.93. The first-order valence-corrected chi connectivity index (χ1v) is 6.35. The highest BCUT2D eigenvalue weighted by Crippen LogP contribution is 2.34. The third-order valence-electron chi connectivity index (χ3n) is 2.33. The highest BCUT2D eigenvalue weighted by atomic mass is 35.5. The van der Waals surface area contributed by atoms with Crippen LogP contribution in [0.4, 0.5) is 5.82 Å². The Morgan fingerprint density at radius 3 is 2.81 bits per heavy atom. The van der Waals surface area contributed by atoms with E-state index in [9.17, 15) is 0 Å². The number of halogens is 1. The van der Waals surface area contributed by atoms with Gasteiger partial charge in [0.15, 0.2) is 0 Å². The van der Waals surface area contributed by atoms with Gasteiger partial charge >= 0.3 is 0 Å². The molecule has 3 N–H and O–H groups in total. The zero-order valence-corrected chi connectivity index (χ0v) is 10.8. The first-order valence-electron chi connectivity index (χ1n) is 5.16. The predicted octanol–water partition coefficient (Wildman–Crippen LogP) is 3.57. The van der Waals surface area contributed by atoms with Gasteiger partial charge in [-0.2, -0.15) is 5.10 Å². The number of nitrogens with zero attached hydrogens (tertiary/aromatic N) is 1. The van der Waals surface area contributed by atoms with Crippen molar-refractivity contribution in [3.63, 3.8) is 0 Å². The van der Waals surface area contributed by atoms with Crippen LogP contribution in [0.1, 0.15) is 19.4 Å². The van der Waals surface area contributed by atoms with Gasteiger partial charge in [-0.1, -0.05) is 25.4 Å². The summed E-state index contributed by atoms with van der Waals surface area (Å²) in [5.41, 5.74) is 7.96. The fraction of sp³-hybridized carbons (Fsp3) is 0.364. The average Bonchev–Trinajstić information content (AvgIpc) is 2.75. The van der Waals surface area contributed by atoms with Gasteiger partial charge < -0.3 is 5.73 Å². The number of hydrogen-bond donors (Lipinski definition) is 2. The Morgan fingerprint density at radius 2 is 2.25 bits per heavy atom. The Labute approximate surface area is 104 Å². The van der Waals surface area contributed by atoms with E-state index in [0.717, 1.165) is 26.9 Å². The zero-order valence-electron chi connectivity index (χ0n) is 9.25. The summed E-state index contributed by atoms with van der Waals surface area (Å²) in [5.74, 6) is 1.14. The van der Waals surface area contributed by atoms with Crippen molar-refractivity contribution in [3.8, 4) is 10.6 Å². The van der Waals surface area contributed by atoms with E-state index in [1.165, 1.54) is 11.3 Å². The van der Waals surface area contributed by atoms with E-state index in [-0.39, 0.29) is 0 Å². The number of nitrogen functional groups attached to an aromatic ring is 1. The molecular weight excluding hydrogens is 242 g/mol. The van der Waals surface area contributed by atoms with Crippen molar-refractivity contribution in [1.29, 1.82) is 0 Å². The van der Waals surface area contributed by atoms with Crippen molar-refractivity contribution in [1.82, 2.24) is 10.2 Å². The van der Waals surface area contributed by atoms with Crippen LogP contribution in [0, 0.1) is 5.92 Å². The fourth-order valence-corrected chi connectivity index (χ4v) is 2.71. The van der Waals surface area contributed by atoms with Crippen LogP contribution in [0.3, 0.4) is 0 Å². The third kappa shape index (κ3) is 2.23. The summed E-state index contributed by atoms with van der Waals surface area (Å²) < 4.78 is 0.777. The molecule has 0 radical (unpaired) electrons. The average molecular weight is 256 g/mol. The highest BCUT2D eigenvalue weighted by molar-refractivity contribution is 7.19. The van der Waals surface area contributed by atoms with Crippen LogP contribution in [-0.2, 0) is 6.42 Å². The normalized spacial score (nSPS) is 11.2. The minimum atomic E-state index is 0.550. The van der Waals surface area contributed by atoms with E-state index < -0.39 is 0 Å². The molecule has 0 spiro atoms. The lowest BCUT2D eigenvalue weighted by atomic mass is 10.0. The molecule has 2 aromatic rings. The Kier molecular flexibility index (Phi) is 3.21. The van der Waals surface area contributed by atoms with Gasteiger partial charge in [0.05, 0.1) is 14.9 Å². The fourth-order valence-electron chi connectivity index (χ4n) is 1.65. The SMILES string of the molecule is CC(C)Cc1c(N)n[nH]c1-c1ccc(Cl)s1. The lowest BCUT2D eigenvalue weighted by Crippen LogP contribution is -1.98. The Hall–Kier alpha value is -1.000. The third-order valence-corrected chi connectivity index (χ3v) is 3.58. The van der Waals surface area contributed by atoms with E-state index in [2.05, 4.69) is 24.0 Å². The van der Waals surface area contributed by atoms with Gasteiger partial charge in [0.25, 0.3) is 0 Å². The van der Waals surface area contributed by atoms with Gasteiger partial charge in [-0.3, -0.25) is 5.10 Å². The molecule has 2 heterocycles. The van der Waals surface area contributed by atoms with Crippen molar-refractivity contribution < 1.29 is 0 Å². The molecule has 0 unspecified atom stereocenters. The molecule has 2 rings (SSSR count). The molecule has 0 aliphatic rings. The number of anilines is 1. The van der Waals surface area contributed by atoms with E-state index in [4.69, 9.17) is 17.3 Å². The largest absolute Gasteiger partial charge is 0.382 e. The molecule has 0 atom stereocenters. The number of rotatable bonds is 3. The number of aromatic amines is 1. The molecular formula is C11H14ClN3S.